The van der Waals surface area contributed by atoms with Crippen molar-refractivity contribution in [2.24, 2.45) is 4.99 Å². The molecule has 0 saturated carbocycles. The summed E-state index contributed by atoms with van der Waals surface area (Å²) in [5.74, 6) is 2.58. The van der Waals surface area contributed by atoms with Gasteiger partial charge in [-0.1, -0.05) is 108 Å². The first-order chi connectivity index (χ1) is 20.6. The third-order valence-corrected chi connectivity index (χ3v) is 7.99. The standard InChI is InChI=1S/C35H26N2O4S/c1-3-21-41-28-20-19-23-13-11-12-18-26(23)27(28)22-29-33(38)37-32(25-16-9-6-10-17-25)30(34(39)40-4-2)31(36-35(37)42-29)24-14-7-5-8-15-24/h1,5-20,22,32H,4,21H2,2H3/b29-22+/t32-/m0/s1. The minimum absolute atomic E-state index is 0.0950. The monoisotopic (exact) mass is 570 g/mol. The van der Waals surface area contributed by atoms with Gasteiger partial charge in [0.1, 0.15) is 12.4 Å². The van der Waals surface area contributed by atoms with Gasteiger partial charge in [-0.25, -0.2) is 9.79 Å². The molecule has 4 aromatic carbocycles. The number of aromatic nitrogens is 1. The topological polar surface area (TPSA) is 69.9 Å². The number of esters is 1. The summed E-state index contributed by atoms with van der Waals surface area (Å²) in [5.41, 5.74) is 2.82. The van der Waals surface area contributed by atoms with Gasteiger partial charge < -0.3 is 9.47 Å². The molecule has 2 heterocycles. The number of fused-ring (bicyclic) bond motifs is 2. The summed E-state index contributed by atoms with van der Waals surface area (Å²) >= 11 is 1.27. The Kier molecular flexibility index (Phi) is 7.54. The predicted octanol–water partition coefficient (Wildman–Crippen LogP) is 5.10. The van der Waals surface area contributed by atoms with Gasteiger partial charge in [0, 0.05) is 11.1 Å². The Morgan fingerprint density at radius 2 is 1.71 bits per heavy atom. The zero-order valence-electron chi connectivity index (χ0n) is 22.8. The van der Waals surface area contributed by atoms with Crippen LogP contribution in [0.3, 0.4) is 0 Å². The first-order valence-electron chi connectivity index (χ1n) is 13.5. The molecule has 0 spiro atoms. The van der Waals surface area contributed by atoms with E-state index >= 15 is 0 Å². The van der Waals surface area contributed by atoms with E-state index in [0.717, 1.165) is 27.5 Å². The highest BCUT2D eigenvalue weighted by atomic mass is 32.1. The van der Waals surface area contributed by atoms with E-state index in [9.17, 15) is 9.59 Å². The Bertz CT molecular complexity index is 2050. The predicted molar refractivity (Wildman–Crippen MR) is 166 cm³/mol. The molecular formula is C35H26N2O4S. The lowest BCUT2D eigenvalue weighted by Gasteiger charge is -2.25. The van der Waals surface area contributed by atoms with Crippen LogP contribution in [0.5, 0.6) is 5.75 Å². The third kappa shape index (κ3) is 4.93. The number of hydrogen-bond acceptors (Lipinski definition) is 6. The van der Waals surface area contributed by atoms with Gasteiger partial charge in [-0.3, -0.25) is 9.36 Å². The molecule has 6 nitrogen and oxygen atoms in total. The minimum Gasteiger partial charge on any atom is -0.480 e. The highest BCUT2D eigenvalue weighted by molar-refractivity contribution is 7.07. The van der Waals surface area contributed by atoms with E-state index in [2.05, 4.69) is 5.92 Å². The van der Waals surface area contributed by atoms with E-state index in [1.807, 2.05) is 103 Å². The minimum atomic E-state index is -0.733. The fraction of sp³-hybridized carbons (Fsp3) is 0.114. The molecule has 42 heavy (non-hydrogen) atoms. The lowest BCUT2D eigenvalue weighted by atomic mass is 9.93. The summed E-state index contributed by atoms with van der Waals surface area (Å²) in [4.78, 5) is 33.3. The van der Waals surface area contributed by atoms with Gasteiger partial charge in [-0.2, -0.15) is 0 Å². The SMILES string of the molecule is C#CCOc1ccc2ccccc2c1/C=c1/sc2n(c1=O)[C@@H](c1ccccc1)C(C(=O)OCC)=C(c1ccccc1)N=2. The van der Waals surface area contributed by atoms with Gasteiger partial charge in [0.15, 0.2) is 4.80 Å². The fourth-order valence-electron chi connectivity index (χ4n) is 5.19. The summed E-state index contributed by atoms with van der Waals surface area (Å²) in [7, 11) is 0. The van der Waals surface area contributed by atoms with Gasteiger partial charge in [0.05, 0.1) is 28.5 Å². The molecule has 1 aromatic heterocycles. The van der Waals surface area contributed by atoms with Crippen molar-refractivity contribution in [3.05, 3.63) is 139 Å². The van der Waals surface area contributed by atoms with E-state index in [1.54, 1.807) is 11.5 Å². The number of nitrogens with zero attached hydrogens (tertiary/aromatic N) is 2. The maximum atomic E-state index is 14.3. The molecule has 0 saturated heterocycles. The van der Waals surface area contributed by atoms with Crippen molar-refractivity contribution in [3.8, 4) is 18.1 Å². The molecule has 0 aliphatic carbocycles. The summed E-state index contributed by atoms with van der Waals surface area (Å²) in [6.07, 6.45) is 7.31. The highest BCUT2D eigenvalue weighted by Crippen LogP contribution is 2.35. The van der Waals surface area contributed by atoms with Crippen LogP contribution < -0.4 is 19.6 Å². The molecule has 0 fully saturated rings. The van der Waals surface area contributed by atoms with Crippen LogP contribution in [0.2, 0.25) is 0 Å². The zero-order valence-corrected chi connectivity index (χ0v) is 23.6. The average molecular weight is 571 g/mol. The molecule has 0 unspecified atom stereocenters. The smallest absolute Gasteiger partial charge is 0.338 e. The van der Waals surface area contributed by atoms with E-state index in [-0.39, 0.29) is 18.8 Å². The largest absolute Gasteiger partial charge is 0.480 e. The summed E-state index contributed by atoms with van der Waals surface area (Å²) in [5, 5.41) is 1.93. The summed E-state index contributed by atoms with van der Waals surface area (Å²) in [6.45, 7) is 2.05. The van der Waals surface area contributed by atoms with Gasteiger partial charge in [0.2, 0.25) is 0 Å². The number of carbonyl (C=O) groups is 1. The second kappa shape index (κ2) is 11.7. The lowest BCUT2D eigenvalue weighted by Crippen LogP contribution is -2.40. The fourth-order valence-corrected chi connectivity index (χ4v) is 6.17. The van der Waals surface area contributed by atoms with Crippen molar-refractivity contribution in [2.45, 2.75) is 13.0 Å². The Balaban J connectivity index is 1.66. The molecule has 0 radical (unpaired) electrons. The molecule has 206 valence electrons. The van der Waals surface area contributed by atoms with E-state index in [0.29, 0.717) is 26.4 Å². The van der Waals surface area contributed by atoms with Gasteiger partial charge >= 0.3 is 5.97 Å². The summed E-state index contributed by atoms with van der Waals surface area (Å²) in [6, 6.07) is 30.0. The lowest BCUT2D eigenvalue weighted by molar-refractivity contribution is -0.138. The van der Waals surface area contributed by atoms with Crippen molar-refractivity contribution in [1.82, 2.24) is 4.57 Å². The number of ether oxygens (including phenoxy) is 2. The van der Waals surface area contributed by atoms with Gasteiger partial charge in [0.25, 0.3) is 5.56 Å². The van der Waals surface area contributed by atoms with Crippen molar-refractivity contribution in [3.63, 3.8) is 0 Å². The third-order valence-electron chi connectivity index (χ3n) is 7.01. The van der Waals surface area contributed by atoms with Crippen molar-refractivity contribution >= 4 is 39.9 Å². The van der Waals surface area contributed by atoms with Crippen LogP contribution >= 0.6 is 11.3 Å². The van der Waals surface area contributed by atoms with Crippen LogP contribution in [0.15, 0.2) is 112 Å². The molecule has 1 aliphatic rings. The Morgan fingerprint density at radius 3 is 2.45 bits per heavy atom. The van der Waals surface area contributed by atoms with Crippen LogP contribution in [0.25, 0.3) is 22.5 Å². The van der Waals surface area contributed by atoms with Crippen LogP contribution in [0, 0.1) is 12.3 Å². The van der Waals surface area contributed by atoms with Crippen molar-refractivity contribution in [2.75, 3.05) is 13.2 Å². The molecule has 0 N–H and O–H groups in total. The normalized spacial score (nSPS) is 14.7. The maximum absolute atomic E-state index is 14.3. The molecule has 7 heteroatoms. The van der Waals surface area contributed by atoms with Gasteiger partial charge in [-0.05, 0) is 35.4 Å². The molecule has 0 amide bonds. The van der Waals surface area contributed by atoms with Crippen LogP contribution in [-0.4, -0.2) is 23.8 Å². The number of terminal acetylenes is 1. The highest BCUT2D eigenvalue weighted by Gasteiger charge is 2.35. The molecular weight excluding hydrogens is 544 g/mol. The van der Waals surface area contributed by atoms with Crippen molar-refractivity contribution < 1.29 is 14.3 Å². The molecule has 0 bridgehead atoms. The molecule has 1 atom stereocenters. The molecule has 1 aliphatic heterocycles. The second-order valence-corrected chi connectivity index (χ2v) is 10.5. The Morgan fingerprint density at radius 1 is 1.00 bits per heavy atom. The number of thiazole rings is 1. The van der Waals surface area contributed by atoms with E-state index in [4.69, 9.17) is 20.9 Å². The molecule has 6 rings (SSSR count). The number of hydrogen-bond donors (Lipinski definition) is 0. The first kappa shape index (κ1) is 27.0. The zero-order chi connectivity index (χ0) is 29.1. The quantitative estimate of drug-likeness (QED) is 0.202. The maximum Gasteiger partial charge on any atom is 0.338 e. The number of benzene rings is 4. The van der Waals surface area contributed by atoms with Crippen LogP contribution in [0.4, 0.5) is 0 Å². The molecule has 5 aromatic rings. The summed E-state index contributed by atoms with van der Waals surface area (Å²) < 4.78 is 13.5. The van der Waals surface area contributed by atoms with E-state index in [1.165, 1.54) is 11.3 Å². The first-order valence-corrected chi connectivity index (χ1v) is 14.3. The number of rotatable bonds is 7. The second-order valence-electron chi connectivity index (χ2n) is 9.53. The van der Waals surface area contributed by atoms with Crippen LogP contribution in [0.1, 0.15) is 29.7 Å². The van der Waals surface area contributed by atoms with Gasteiger partial charge in [-0.15, -0.1) is 6.42 Å². The average Bonchev–Trinajstić information content (AvgIpc) is 3.35. The number of carbonyl (C=O) groups excluding carboxylic acids is 1. The Hall–Kier alpha value is -5.19. The van der Waals surface area contributed by atoms with Crippen LogP contribution in [-0.2, 0) is 9.53 Å². The Labute approximate surface area is 246 Å². The van der Waals surface area contributed by atoms with E-state index < -0.39 is 12.0 Å². The van der Waals surface area contributed by atoms with Crippen molar-refractivity contribution in [1.29, 1.82) is 0 Å².